The Kier molecular flexibility index (Phi) is 3.20. The van der Waals surface area contributed by atoms with Crippen molar-refractivity contribution in [3.63, 3.8) is 0 Å². The highest BCUT2D eigenvalue weighted by Gasteiger charge is 2.35. The van der Waals surface area contributed by atoms with Gasteiger partial charge in [-0.05, 0) is 18.2 Å². The first-order valence-electron chi connectivity index (χ1n) is 3.70. The van der Waals surface area contributed by atoms with Crippen molar-refractivity contribution in [2.45, 2.75) is 6.18 Å². The number of halogens is 4. The normalized spacial score (nSPS) is 11.3. The largest absolute Gasteiger partial charge is 0.707 e. The fourth-order valence-electron chi connectivity index (χ4n) is 0.940. The molecule has 0 radical (unpaired) electrons. The van der Waals surface area contributed by atoms with Gasteiger partial charge in [0, 0.05) is 0 Å². The van der Waals surface area contributed by atoms with Gasteiger partial charge in [-0.25, -0.2) is 4.39 Å². The van der Waals surface area contributed by atoms with E-state index in [1.54, 1.807) is 0 Å². The molecule has 0 aromatic heterocycles. The lowest BCUT2D eigenvalue weighted by Crippen LogP contribution is -2.22. The van der Waals surface area contributed by atoms with Crippen molar-refractivity contribution in [3.8, 4) is 5.75 Å². The Hall–Kier alpha value is -1.28. The number of hydrogen-bond acceptors (Lipinski definition) is 3. The molecule has 0 unspecified atom stereocenters. The van der Waals surface area contributed by atoms with Crippen LogP contribution in [-0.2, 0) is 6.18 Å². The lowest BCUT2D eigenvalue weighted by atomic mass is 10.1. The summed E-state index contributed by atoms with van der Waals surface area (Å²) in [6, 6.07) is 1.59. The first-order chi connectivity index (χ1) is 6.80. The lowest BCUT2D eigenvalue weighted by molar-refractivity contribution is -0.138. The van der Waals surface area contributed by atoms with E-state index in [-0.39, 0.29) is 6.07 Å². The molecular formula is C7H5BF4O3. The quantitative estimate of drug-likeness (QED) is 0.585. The van der Waals surface area contributed by atoms with Crippen LogP contribution >= 0.6 is 0 Å². The molecule has 0 atom stereocenters. The van der Waals surface area contributed by atoms with Crippen LogP contribution in [0.4, 0.5) is 17.6 Å². The number of benzene rings is 1. The van der Waals surface area contributed by atoms with Crippen molar-refractivity contribution < 1.29 is 32.3 Å². The van der Waals surface area contributed by atoms with Crippen molar-refractivity contribution in [2.24, 2.45) is 0 Å². The first-order valence-corrected chi connectivity index (χ1v) is 3.70. The summed E-state index contributed by atoms with van der Waals surface area (Å²) >= 11 is 0. The maximum Gasteiger partial charge on any atom is 0.707 e. The third-order valence-electron chi connectivity index (χ3n) is 1.48. The van der Waals surface area contributed by atoms with Crippen LogP contribution in [-0.4, -0.2) is 17.4 Å². The van der Waals surface area contributed by atoms with Gasteiger partial charge in [-0.1, -0.05) is 0 Å². The van der Waals surface area contributed by atoms with Gasteiger partial charge in [0.1, 0.15) is 11.6 Å². The van der Waals surface area contributed by atoms with E-state index < -0.39 is 30.6 Å². The van der Waals surface area contributed by atoms with Crippen molar-refractivity contribution in [3.05, 3.63) is 29.6 Å². The molecule has 0 aliphatic rings. The summed E-state index contributed by atoms with van der Waals surface area (Å²) in [6.45, 7) is 0. The summed E-state index contributed by atoms with van der Waals surface area (Å²) in [7, 11) is -2.39. The van der Waals surface area contributed by atoms with Crippen molar-refractivity contribution in [2.75, 3.05) is 0 Å². The van der Waals surface area contributed by atoms with Gasteiger partial charge in [0.2, 0.25) is 0 Å². The molecule has 0 saturated heterocycles. The second kappa shape index (κ2) is 4.07. The van der Waals surface area contributed by atoms with Crippen LogP contribution in [0.2, 0.25) is 0 Å². The van der Waals surface area contributed by atoms with Gasteiger partial charge < -0.3 is 14.7 Å². The molecule has 0 heterocycles. The molecule has 0 fully saturated rings. The molecule has 0 amide bonds. The summed E-state index contributed by atoms with van der Waals surface area (Å²) in [5, 5.41) is 16.7. The van der Waals surface area contributed by atoms with Gasteiger partial charge in [0.25, 0.3) is 0 Å². The van der Waals surface area contributed by atoms with Gasteiger partial charge in [-0.15, -0.1) is 0 Å². The highest BCUT2D eigenvalue weighted by atomic mass is 19.4. The van der Waals surface area contributed by atoms with Crippen LogP contribution in [0.1, 0.15) is 5.56 Å². The standard InChI is InChI=1S/C7H5BF4O3/c9-4-1-2-6(15-8(13)14)5(3-4)7(10,11)12/h1-3,13-14H. The Balaban J connectivity index is 3.15. The molecule has 0 bridgehead atoms. The minimum atomic E-state index is -4.83. The van der Waals surface area contributed by atoms with Gasteiger partial charge in [0.15, 0.2) is 0 Å². The Labute approximate surface area is 82.1 Å². The summed E-state index contributed by atoms with van der Waals surface area (Å²) in [6.07, 6.45) is -4.83. The third-order valence-corrected chi connectivity index (χ3v) is 1.48. The fourth-order valence-corrected chi connectivity index (χ4v) is 0.940. The topological polar surface area (TPSA) is 49.7 Å². The van der Waals surface area contributed by atoms with Crippen molar-refractivity contribution in [1.29, 1.82) is 0 Å². The fraction of sp³-hybridized carbons (Fsp3) is 0.143. The second-order valence-electron chi connectivity index (χ2n) is 2.58. The molecule has 0 aliphatic carbocycles. The van der Waals surface area contributed by atoms with Crippen LogP contribution < -0.4 is 4.65 Å². The Morgan fingerprint density at radius 3 is 2.27 bits per heavy atom. The second-order valence-corrected chi connectivity index (χ2v) is 2.58. The molecule has 2 N–H and O–H groups in total. The predicted molar refractivity (Wildman–Crippen MR) is 42.2 cm³/mol. The molecule has 0 spiro atoms. The number of hydrogen-bond donors (Lipinski definition) is 2. The Bertz CT molecular complexity index is 353. The maximum absolute atomic E-state index is 12.5. The first kappa shape index (κ1) is 11.8. The van der Waals surface area contributed by atoms with Gasteiger partial charge >= 0.3 is 13.5 Å². The predicted octanol–water partition coefficient (Wildman–Crippen LogP) is 1.19. The molecule has 1 aromatic carbocycles. The molecule has 1 rings (SSSR count). The van der Waals surface area contributed by atoms with E-state index in [0.29, 0.717) is 12.1 Å². The van der Waals surface area contributed by atoms with Crippen molar-refractivity contribution in [1.82, 2.24) is 0 Å². The number of alkyl halides is 3. The van der Waals surface area contributed by atoms with Crippen LogP contribution in [0.25, 0.3) is 0 Å². The summed E-state index contributed by atoms with van der Waals surface area (Å²) in [4.78, 5) is 0. The monoisotopic (exact) mass is 224 g/mol. The molecule has 1 aromatic rings. The molecule has 82 valence electrons. The van der Waals surface area contributed by atoms with Crippen LogP contribution in [0, 0.1) is 5.82 Å². The van der Waals surface area contributed by atoms with E-state index in [4.69, 9.17) is 10.0 Å². The highest BCUT2D eigenvalue weighted by molar-refractivity contribution is 6.33. The van der Waals surface area contributed by atoms with Crippen molar-refractivity contribution >= 4 is 7.32 Å². The third kappa shape index (κ3) is 3.10. The molecule has 8 heteroatoms. The number of rotatable bonds is 2. The van der Waals surface area contributed by atoms with E-state index in [0.717, 1.165) is 0 Å². The van der Waals surface area contributed by atoms with Gasteiger partial charge in [0.05, 0.1) is 5.56 Å². The van der Waals surface area contributed by atoms with E-state index in [1.807, 2.05) is 0 Å². The molecule has 0 aliphatic heterocycles. The zero-order chi connectivity index (χ0) is 11.6. The average Bonchev–Trinajstić information content (AvgIpc) is 2.05. The minimum Gasteiger partial charge on any atom is -0.511 e. The molecule has 0 saturated carbocycles. The Morgan fingerprint density at radius 2 is 1.80 bits per heavy atom. The zero-order valence-electron chi connectivity index (χ0n) is 7.12. The van der Waals surface area contributed by atoms with Crippen LogP contribution in [0.3, 0.4) is 0 Å². The molecule has 15 heavy (non-hydrogen) atoms. The van der Waals surface area contributed by atoms with E-state index in [2.05, 4.69) is 4.65 Å². The van der Waals surface area contributed by atoms with Crippen LogP contribution in [0.15, 0.2) is 18.2 Å². The summed E-state index contributed by atoms with van der Waals surface area (Å²) in [5.41, 5.74) is -1.41. The van der Waals surface area contributed by atoms with Crippen LogP contribution in [0.5, 0.6) is 5.75 Å². The van der Waals surface area contributed by atoms with Gasteiger partial charge in [-0.3, -0.25) is 0 Å². The van der Waals surface area contributed by atoms with E-state index in [9.17, 15) is 17.6 Å². The minimum absolute atomic E-state index is 0.206. The smallest absolute Gasteiger partial charge is 0.511 e. The van der Waals surface area contributed by atoms with Gasteiger partial charge in [-0.2, -0.15) is 13.2 Å². The lowest BCUT2D eigenvalue weighted by Gasteiger charge is -2.13. The zero-order valence-corrected chi connectivity index (χ0v) is 7.12. The molecular weight excluding hydrogens is 219 g/mol. The maximum atomic E-state index is 12.5. The summed E-state index contributed by atoms with van der Waals surface area (Å²) < 4.78 is 53.4. The van der Waals surface area contributed by atoms with E-state index >= 15 is 0 Å². The molecule has 3 nitrogen and oxygen atoms in total. The van der Waals surface area contributed by atoms with E-state index in [1.165, 1.54) is 0 Å². The average molecular weight is 224 g/mol. The SMILES string of the molecule is OB(O)Oc1ccc(F)cc1C(F)(F)F. The summed E-state index contributed by atoms with van der Waals surface area (Å²) in [5.74, 6) is -1.94. The Morgan fingerprint density at radius 1 is 1.20 bits per heavy atom. The highest BCUT2D eigenvalue weighted by Crippen LogP contribution is 2.36.